The van der Waals surface area contributed by atoms with Crippen LogP contribution < -0.4 is 10.2 Å². The zero-order chi connectivity index (χ0) is 23.1. The van der Waals surface area contributed by atoms with Gasteiger partial charge in [-0.2, -0.15) is 0 Å². The van der Waals surface area contributed by atoms with E-state index < -0.39 is 0 Å². The molecule has 2 aromatic heterocycles. The van der Waals surface area contributed by atoms with Crippen molar-refractivity contribution >= 4 is 38.9 Å². The van der Waals surface area contributed by atoms with Crippen molar-refractivity contribution in [1.29, 1.82) is 0 Å². The molecule has 3 heterocycles. The topological polar surface area (TPSA) is 33.1 Å². The van der Waals surface area contributed by atoms with Crippen LogP contribution in [-0.2, 0) is 0 Å². The summed E-state index contributed by atoms with van der Waals surface area (Å²) in [6, 6.07) is 25.2. The average Bonchev–Trinajstić information content (AvgIpc) is 3.31. The monoisotopic (exact) mass is 516 g/mol. The third-order valence-corrected chi connectivity index (χ3v) is 7.13. The average molecular weight is 517 g/mol. The van der Waals surface area contributed by atoms with E-state index in [2.05, 4.69) is 117 Å². The Kier molecular flexibility index (Phi) is 5.81. The molecule has 0 saturated carbocycles. The molecule has 0 spiro atoms. The number of hydrogen-bond acceptors (Lipinski definition) is 2. The molecule has 166 valence electrons. The van der Waals surface area contributed by atoms with Crippen molar-refractivity contribution in [2.24, 2.45) is 0 Å². The molecule has 1 saturated heterocycles. The maximum atomic E-state index is 5.87. The number of nitrogens with zero attached hydrogens (tertiary/aromatic N) is 3. The zero-order valence-electron chi connectivity index (χ0n) is 18.8. The van der Waals surface area contributed by atoms with Gasteiger partial charge < -0.3 is 14.8 Å². The van der Waals surface area contributed by atoms with E-state index in [1.807, 2.05) is 18.3 Å². The SMILES string of the molecule is Cc1ccc(-n2c(C)cc([C@H]3[C@H](c4ccccn4)NC(=S)N3c3ccc(Br)cc3)c2C)cc1. The minimum atomic E-state index is -0.0608. The predicted molar refractivity (Wildman–Crippen MR) is 142 cm³/mol. The molecule has 0 aliphatic carbocycles. The number of rotatable bonds is 4. The molecule has 2 atom stereocenters. The second-order valence-corrected chi connectivity index (χ2v) is 9.77. The molecule has 4 aromatic rings. The van der Waals surface area contributed by atoms with Crippen LogP contribution in [0.4, 0.5) is 5.69 Å². The Morgan fingerprint density at radius 2 is 1.61 bits per heavy atom. The minimum absolute atomic E-state index is 0.0287. The van der Waals surface area contributed by atoms with Crippen LogP contribution in [0.1, 0.15) is 40.3 Å². The van der Waals surface area contributed by atoms with E-state index in [0.717, 1.165) is 15.9 Å². The van der Waals surface area contributed by atoms with E-state index in [9.17, 15) is 0 Å². The Balaban J connectivity index is 1.67. The number of aromatic nitrogens is 2. The Morgan fingerprint density at radius 1 is 0.909 bits per heavy atom. The molecule has 0 bridgehead atoms. The molecule has 2 aromatic carbocycles. The van der Waals surface area contributed by atoms with E-state index in [0.29, 0.717) is 5.11 Å². The summed E-state index contributed by atoms with van der Waals surface area (Å²) in [5.74, 6) is 0. The van der Waals surface area contributed by atoms with Crippen molar-refractivity contribution in [3.05, 3.63) is 112 Å². The van der Waals surface area contributed by atoms with Gasteiger partial charge in [0.2, 0.25) is 0 Å². The summed E-state index contributed by atoms with van der Waals surface area (Å²) in [6.07, 6.45) is 1.84. The van der Waals surface area contributed by atoms with Gasteiger partial charge in [0.05, 0.1) is 17.8 Å². The number of hydrogen-bond donors (Lipinski definition) is 1. The first kappa shape index (κ1) is 21.9. The molecule has 0 amide bonds. The molecule has 33 heavy (non-hydrogen) atoms. The maximum absolute atomic E-state index is 5.87. The first-order valence-corrected chi connectivity index (χ1v) is 12.2. The minimum Gasteiger partial charge on any atom is -0.351 e. The van der Waals surface area contributed by atoms with Crippen molar-refractivity contribution < 1.29 is 0 Å². The van der Waals surface area contributed by atoms with E-state index in [1.165, 1.54) is 28.2 Å². The number of thiocarbonyl (C=S) groups is 1. The first-order chi connectivity index (χ1) is 15.9. The van der Waals surface area contributed by atoms with E-state index in [4.69, 9.17) is 12.2 Å². The van der Waals surface area contributed by atoms with Crippen LogP contribution >= 0.6 is 28.1 Å². The fourth-order valence-corrected chi connectivity index (χ4v) is 5.34. The van der Waals surface area contributed by atoms with Crippen molar-refractivity contribution in [2.45, 2.75) is 32.9 Å². The van der Waals surface area contributed by atoms with Gasteiger partial charge in [-0.25, -0.2) is 0 Å². The molecule has 0 unspecified atom stereocenters. The van der Waals surface area contributed by atoms with Gasteiger partial charge in [-0.15, -0.1) is 0 Å². The number of nitrogens with one attached hydrogen (secondary N) is 1. The number of pyridine rings is 1. The molecule has 1 fully saturated rings. The number of aryl methyl sites for hydroxylation is 2. The summed E-state index contributed by atoms with van der Waals surface area (Å²) < 4.78 is 3.37. The van der Waals surface area contributed by atoms with Crippen LogP contribution in [0.5, 0.6) is 0 Å². The summed E-state index contributed by atoms with van der Waals surface area (Å²) in [6.45, 7) is 6.47. The van der Waals surface area contributed by atoms with Gasteiger partial charge >= 0.3 is 0 Å². The van der Waals surface area contributed by atoms with Crippen LogP contribution in [0.3, 0.4) is 0 Å². The molecular weight excluding hydrogens is 492 g/mol. The lowest BCUT2D eigenvalue weighted by Crippen LogP contribution is -2.29. The Hall–Kier alpha value is -2.96. The van der Waals surface area contributed by atoms with Gasteiger partial charge in [0.15, 0.2) is 5.11 Å². The summed E-state index contributed by atoms with van der Waals surface area (Å²) in [7, 11) is 0. The number of anilines is 1. The quantitative estimate of drug-likeness (QED) is 0.304. The Labute approximate surface area is 208 Å². The Bertz CT molecular complexity index is 1300. The van der Waals surface area contributed by atoms with Gasteiger partial charge in [0.1, 0.15) is 0 Å². The van der Waals surface area contributed by atoms with Gasteiger partial charge in [-0.3, -0.25) is 4.98 Å². The van der Waals surface area contributed by atoms with Gasteiger partial charge in [-0.05, 0) is 93.1 Å². The van der Waals surface area contributed by atoms with Crippen molar-refractivity contribution in [1.82, 2.24) is 14.9 Å². The summed E-state index contributed by atoms with van der Waals surface area (Å²) >= 11 is 9.42. The van der Waals surface area contributed by atoms with Crippen LogP contribution in [0, 0.1) is 20.8 Å². The molecular formula is C27H25BrN4S. The number of halogens is 1. The van der Waals surface area contributed by atoms with Crippen LogP contribution in [0.2, 0.25) is 0 Å². The molecule has 1 aliphatic rings. The predicted octanol–water partition coefficient (Wildman–Crippen LogP) is 6.74. The lowest BCUT2D eigenvalue weighted by Gasteiger charge is -2.28. The highest BCUT2D eigenvalue weighted by molar-refractivity contribution is 9.10. The molecule has 0 radical (unpaired) electrons. The summed E-state index contributed by atoms with van der Waals surface area (Å²) in [5, 5.41) is 4.27. The lowest BCUT2D eigenvalue weighted by molar-refractivity contribution is 0.565. The lowest BCUT2D eigenvalue weighted by atomic mass is 9.96. The standard InChI is InChI=1S/C27H25BrN4S/c1-17-7-11-21(12-8-17)31-18(2)16-23(19(31)3)26-25(24-6-4-5-15-29-24)30-27(33)32(26)22-13-9-20(28)10-14-22/h4-16,25-26H,1-3H3,(H,30,33)/t25-,26-/m0/s1. The van der Waals surface area contributed by atoms with Gasteiger partial charge in [-0.1, -0.05) is 39.7 Å². The second kappa shape index (κ2) is 8.76. The van der Waals surface area contributed by atoms with E-state index >= 15 is 0 Å². The molecule has 6 heteroatoms. The molecule has 1 N–H and O–H groups in total. The highest BCUT2D eigenvalue weighted by atomic mass is 79.9. The molecule has 4 nitrogen and oxygen atoms in total. The second-order valence-electron chi connectivity index (χ2n) is 8.47. The zero-order valence-corrected chi connectivity index (χ0v) is 21.2. The van der Waals surface area contributed by atoms with Crippen molar-refractivity contribution in [3.8, 4) is 5.69 Å². The largest absolute Gasteiger partial charge is 0.351 e. The van der Waals surface area contributed by atoms with Crippen molar-refractivity contribution in [2.75, 3.05) is 4.90 Å². The van der Waals surface area contributed by atoms with Crippen LogP contribution in [-0.4, -0.2) is 14.7 Å². The van der Waals surface area contributed by atoms with Crippen molar-refractivity contribution in [3.63, 3.8) is 0 Å². The maximum Gasteiger partial charge on any atom is 0.174 e. The van der Waals surface area contributed by atoms with E-state index in [-0.39, 0.29) is 12.1 Å². The van der Waals surface area contributed by atoms with Crippen LogP contribution in [0.25, 0.3) is 5.69 Å². The van der Waals surface area contributed by atoms with Gasteiger partial charge in [0, 0.05) is 33.4 Å². The molecule has 1 aliphatic heterocycles. The normalized spacial score (nSPS) is 17.9. The molecule has 5 rings (SSSR count). The fraction of sp³-hybridized carbons (Fsp3) is 0.185. The summed E-state index contributed by atoms with van der Waals surface area (Å²) in [4.78, 5) is 6.90. The Morgan fingerprint density at radius 3 is 2.27 bits per heavy atom. The van der Waals surface area contributed by atoms with E-state index in [1.54, 1.807) is 0 Å². The highest BCUT2D eigenvalue weighted by Crippen LogP contribution is 2.43. The fourth-order valence-electron chi connectivity index (χ4n) is 4.73. The highest BCUT2D eigenvalue weighted by Gasteiger charge is 2.42. The first-order valence-electron chi connectivity index (χ1n) is 11.0. The summed E-state index contributed by atoms with van der Waals surface area (Å²) in [5.41, 5.74) is 8.09. The smallest absolute Gasteiger partial charge is 0.174 e. The third-order valence-electron chi connectivity index (χ3n) is 6.28. The third kappa shape index (κ3) is 3.98. The van der Waals surface area contributed by atoms with Crippen LogP contribution in [0.15, 0.2) is 83.5 Å². The number of benzene rings is 2. The van der Waals surface area contributed by atoms with Gasteiger partial charge in [0.25, 0.3) is 0 Å².